The molecule has 0 unspecified atom stereocenters. The maximum atomic E-state index is 12.6. The van der Waals surface area contributed by atoms with Crippen LogP contribution in [0.4, 0.5) is 0 Å². The van der Waals surface area contributed by atoms with Crippen molar-refractivity contribution >= 4 is 28.3 Å². The van der Waals surface area contributed by atoms with E-state index < -0.39 is 5.41 Å². The quantitative estimate of drug-likeness (QED) is 0.730. The molecule has 0 bridgehead atoms. The molecule has 0 fully saturated rings. The van der Waals surface area contributed by atoms with E-state index in [9.17, 15) is 4.79 Å². The first kappa shape index (κ1) is 17.6. The van der Waals surface area contributed by atoms with E-state index in [4.69, 9.17) is 16.3 Å². The molecule has 3 nitrogen and oxygen atoms in total. The van der Waals surface area contributed by atoms with Crippen molar-refractivity contribution in [3.63, 3.8) is 0 Å². The van der Waals surface area contributed by atoms with Gasteiger partial charge in [-0.05, 0) is 37.6 Å². The minimum absolute atomic E-state index is 0.0304. The Bertz CT molecular complexity index is 697. The molecule has 0 spiro atoms. The largest absolute Gasteiger partial charge is 0.494 e. The number of rotatable bonds is 6. The third kappa shape index (κ3) is 3.78. The summed E-state index contributed by atoms with van der Waals surface area (Å²) < 4.78 is 5.77. The van der Waals surface area contributed by atoms with Gasteiger partial charge in [0, 0.05) is 25.0 Å². The van der Waals surface area contributed by atoms with Gasteiger partial charge in [-0.1, -0.05) is 30.3 Å². The van der Waals surface area contributed by atoms with Gasteiger partial charge in [0.05, 0.1) is 12.0 Å². The van der Waals surface area contributed by atoms with Crippen LogP contribution in [0.1, 0.15) is 26.3 Å². The normalized spacial score (nSPS) is 11.5. The van der Waals surface area contributed by atoms with Crippen molar-refractivity contribution in [3.05, 3.63) is 42.0 Å². The zero-order chi connectivity index (χ0) is 17.0. The molecule has 124 valence electrons. The van der Waals surface area contributed by atoms with Gasteiger partial charge in [0.1, 0.15) is 5.75 Å². The van der Waals surface area contributed by atoms with Crippen LogP contribution in [-0.2, 0) is 11.3 Å². The lowest BCUT2D eigenvalue weighted by Crippen LogP contribution is -2.39. The zero-order valence-electron chi connectivity index (χ0n) is 14.2. The second-order valence-corrected chi connectivity index (χ2v) is 6.64. The first-order chi connectivity index (χ1) is 10.9. The maximum absolute atomic E-state index is 12.6. The Hall–Kier alpha value is -1.74. The molecule has 0 aliphatic rings. The summed E-state index contributed by atoms with van der Waals surface area (Å²) in [5, 5.41) is 2.25. The van der Waals surface area contributed by atoms with Gasteiger partial charge in [-0.15, -0.1) is 11.6 Å². The summed E-state index contributed by atoms with van der Waals surface area (Å²) >= 11 is 5.94. The molecule has 23 heavy (non-hydrogen) atoms. The third-order valence-electron chi connectivity index (χ3n) is 3.95. The molecule has 2 aromatic rings. The van der Waals surface area contributed by atoms with E-state index in [1.54, 1.807) is 4.90 Å². The van der Waals surface area contributed by atoms with Gasteiger partial charge in [0.25, 0.3) is 0 Å². The van der Waals surface area contributed by atoms with Crippen molar-refractivity contribution in [2.75, 3.05) is 19.5 Å². The Morgan fingerprint density at radius 2 is 1.91 bits per heavy atom. The zero-order valence-corrected chi connectivity index (χ0v) is 15.0. The fraction of sp³-hybridized carbons (Fsp3) is 0.421. The number of fused-ring (bicyclic) bond motifs is 1. The summed E-state index contributed by atoms with van der Waals surface area (Å²) in [6, 6.07) is 12.2. The lowest BCUT2D eigenvalue weighted by molar-refractivity contribution is -0.138. The predicted molar refractivity (Wildman–Crippen MR) is 96.1 cm³/mol. The summed E-state index contributed by atoms with van der Waals surface area (Å²) in [5.41, 5.74) is 0.457. The van der Waals surface area contributed by atoms with Gasteiger partial charge in [-0.25, -0.2) is 0 Å². The van der Waals surface area contributed by atoms with Gasteiger partial charge < -0.3 is 9.64 Å². The number of carbonyl (C=O) groups is 1. The molecule has 0 atom stereocenters. The molecule has 0 saturated heterocycles. The van der Waals surface area contributed by atoms with Gasteiger partial charge in [0.2, 0.25) is 5.91 Å². The molecule has 0 heterocycles. The highest BCUT2D eigenvalue weighted by molar-refractivity contribution is 6.19. The SMILES string of the molecule is CCOc1ccc2ccccc2c1CN(C)C(=O)C(C)(C)CCl. The lowest BCUT2D eigenvalue weighted by atomic mass is 9.94. The fourth-order valence-corrected chi connectivity index (χ4v) is 2.77. The molecule has 0 aliphatic heterocycles. The molecule has 0 N–H and O–H groups in total. The summed E-state index contributed by atoms with van der Waals surface area (Å²) in [4.78, 5) is 14.3. The minimum Gasteiger partial charge on any atom is -0.494 e. The monoisotopic (exact) mass is 333 g/mol. The highest BCUT2D eigenvalue weighted by atomic mass is 35.5. The fourth-order valence-electron chi connectivity index (χ4n) is 2.65. The molecule has 0 radical (unpaired) electrons. The van der Waals surface area contributed by atoms with Crippen LogP contribution in [0, 0.1) is 5.41 Å². The van der Waals surface area contributed by atoms with Crippen molar-refractivity contribution in [2.45, 2.75) is 27.3 Å². The van der Waals surface area contributed by atoms with Crippen LogP contribution >= 0.6 is 11.6 Å². The number of hydrogen-bond acceptors (Lipinski definition) is 2. The molecule has 2 rings (SSSR count). The number of hydrogen-bond donors (Lipinski definition) is 0. The van der Waals surface area contributed by atoms with E-state index in [0.29, 0.717) is 19.0 Å². The Morgan fingerprint density at radius 1 is 1.22 bits per heavy atom. The second-order valence-electron chi connectivity index (χ2n) is 6.38. The molecule has 0 aromatic heterocycles. The number of ether oxygens (including phenoxy) is 1. The van der Waals surface area contributed by atoms with Crippen LogP contribution in [0.3, 0.4) is 0 Å². The van der Waals surface area contributed by atoms with E-state index in [0.717, 1.165) is 22.1 Å². The molecule has 0 aliphatic carbocycles. The molecular weight excluding hydrogens is 310 g/mol. The topological polar surface area (TPSA) is 29.5 Å². The van der Waals surface area contributed by atoms with Gasteiger partial charge >= 0.3 is 0 Å². The maximum Gasteiger partial charge on any atom is 0.229 e. The second kappa shape index (κ2) is 7.22. The summed E-state index contributed by atoms with van der Waals surface area (Å²) in [7, 11) is 1.81. The minimum atomic E-state index is -0.577. The van der Waals surface area contributed by atoms with E-state index in [1.165, 1.54) is 0 Å². The number of benzene rings is 2. The Labute approximate surface area is 143 Å². The van der Waals surface area contributed by atoms with Crippen LogP contribution in [0.2, 0.25) is 0 Å². The van der Waals surface area contributed by atoms with Crippen molar-refractivity contribution in [3.8, 4) is 5.75 Å². The van der Waals surface area contributed by atoms with E-state index in [-0.39, 0.29) is 5.91 Å². The van der Waals surface area contributed by atoms with Crippen LogP contribution in [0.25, 0.3) is 10.8 Å². The van der Waals surface area contributed by atoms with Crippen molar-refractivity contribution in [2.24, 2.45) is 5.41 Å². The third-order valence-corrected chi connectivity index (χ3v) is 4.62. The van der Waals surface area contributed by atoms with Crippen LogP contribution < -0.4 is 4.74 Å². The first-order valence-corrected chi connectivity index (χ1v) is 8.39. The van der Waals surface area contributed by atoms with Crippen molar-refractivity contribution in [1.82, 2.24) is 4.90 Å². The average molecular weight is 334 g/mol. The molecule has 0 saturated carbocycles. The standard InChI is InChI=1S/C19H24ClNO2/c1-5-23-17-11-10-14-8-6-7-9-15(14)16(17)12-21(4)18(22)19(2,3)13-20/h6-11H,5,12-13H2,1-4H3. The van der Waals surface area contributed by atoms with Gasteiger partial charge in [0.15, 0.2) is 0 Å². The Balaban J connectivity index is 2.41. The predicted octanol–water partition coefficient (Wildman–Crippen LogP) is 4.46. The number of alkyl halides is 1. The first-order valence-electron chi connectivity index (χ1n) is 7.85. The lowest BCUT2D eigenvalue weighted by Gasteiger charge is -2.28. The highest BCUT2D eigenvalue weighted by Gasteiger charge is 2.30. The Kier molecular flexibility index (Phi) is 5.53. The van der Waals surface area contributed by atoms with Crippen LogP contribution in [0.5, 0.6) is 5.75 Å². The summed E-state index contributed by atoms with van der Waals surface area (Å²) in [5.74, 6) is 1.15. The summed E-state index contributed by atoms with van der Waals surface area (Å²) in [6.07, 6.45) is 0. The van der Waals surface area contributed by atoms with E-state index in [1.807, 2.05) is 52.1 Å². The smallest absolute Gasteiger partial charge is 0.229 e. The summed E-state index contributed by atoms with van der Waals surface area (Å²) in [6.45, 7) is 6.78. The number of nitrogens with zero attached hydrogens (tertiary/aromatic N) is 1. The molecule has 1 amide bonds. The van der Waals surface area contributed by atoms with E-state index in [2.05, 4.69) is 12.1 Å². The highest BCUT2D eigenvalue weighted by Crippen LogP contribution is 2.30. The van der Waals surface area contributed by atoms with Crippen LogP contribution in [0.15, 0.2) is 36.4 Å². The molecule has 4 heteroatoms. The molecule has 2 aromatic carbocycles. The van der Waals surface area contributed by atoms with Crippen molar-refractivity contribution in [1.29, 1.82) is 0 Å². The Morgan fingerprint density at radius 3 is 2.57 bits per heavy atom. The van der Waals surface area contributed by atoms with Gasteiger partial charge in [-0.2, -0.15) is 0 Å². The van der Waals surface area contributed by atoms with Gasteiger partial charge in [-0.3, -0.25) is 4.79 Å². The van der Waals surface area contributed by atoms with Crippen molar-refractivity contribution < 1.29 is 9.53 Å². The number of halogens is 1. The number of amides is 1. The number of carbonyl (C=O) groups excluding carboxylic acids is 1. The average Bonchev–Trinajstić information content (AvgIpc) is 2.56. The van der Waals surface area contributed by atoms with Crippen LogP contribution in [-0.4, -0.2) is 30.3 Å². The molecular formula is C19H24ClNO2. The van der Waals surface area contributed by atoms with E-state index >= 15 is 0 Å².